The minimum atomic E-state index is 0.256. The first-order chi connectivity index (χ1) is 14.7. The van der Waals surface area contributed by atoms with E-state index in [0.29, 0.717) is 6.54 Å². The lowest BCUT2D eigenvalue weighted by Gasteiger charge is -2.38. The fourth-order valence-corrected chi connectivity index (χ4v) is 4.15. The number of amides is 1. The molecule has 1 amide bonds. The SMILES string of the molecule is COc1ccc(N2CCN(C(=O)CN3CCN(Cc4ccncc4)CC3)CC2)cc1. The summed E-state index contributed by atoms with van der Waals surface area (Å²) in [6.45, 7) is 8.70. The van der Waals surface area contributed by atoms with Gasteiger partial charge in [0.2, 0.25) is 5.91 Å². The van der Waals surface area contributed by atoms with Crippen LogP contribution in [0, 0.1) is 0 Å². The van der Waals surface area contributed by atoms with E-state index < -0.39 is 0 Å². The summed E-state index contributed by atoms with van der Waals surface area (Å²) in [4.78, 5) is 26.0. The molecule has 4 rings (SSSR count). The van der Waals surface area contributed by atoms with E-state index in [4.69, 9.17) is 4.74 Å². The third kappa shape index (κ3) is 5.29. The van der Waals surface area contributed by atoms with E-state index in [1.165, 1.54) is 11.3 Å². The second kappa shape index (κ2) is 9.91. The van der Waals surface area contributed by atoms with Gasteiger partial charge in [0.1, 0.15) is 5.75 Å². The number of benzene rings is 1. The molecule has 0 radical (unpaired) electrons. The molecule has 0 N–H and O–H groups in total. The van der Waals surface area contributed by atoms with Gasteiger partial charge in [-0.05, 0) is 42.0 Å². The molecule has 7 heteroatoms. The van der Waals surface area contributed by atoms with Gasteiger partial charge < -0.3 is 14.5 Å². The van der Waals surface area contributed by atoms with Crippen LogP contribution in [-0.2, 0) is 11.3 Å². The Labute approximate surface area is 178 Å². The zero-order chi connectivity index (χ0) is 20.8. The summed E-state index contributed by atoms with van der Waals surface area (Å²) in [7, 11) is 1.68. The van der Waals surface area contributed by atoms with Crippen molar-refractivity contribution >= 4 is 11.6 Å². The molecule has 2 aliphatic rings. The molecule has 0 aliphatic carbocycles. The van der Waals surface area contributed by atoms with Gasteiger partial charge in [-0.25, -0.2) is 0 Å². The lowest BCUT2D eigenvalue weighted by Crippen LogP contribution is -2.53. The van der Waals surface area contributed by atoms with Crippen LogP contribution in [0.3, 0.4) is 0 Å². The summed E-state index contributed by atoms with van der Waals surface area (Å²) in [6.07, 6.45) is 3.69. The van der Waals surface area contributed by atoms with Crippen molar-refractivity contribution in [2.75, 3.05) is 70.9 Å². The molecule has 0 saturated carbocycles. The second-order valence-corrected chi connectivity index (χ2v) is 7.97. The first-order valence-corrected chi connectivity index (χ1v) is 10.7. The predicted octanol–water partition coefficient (Wildman–Crippen LogP) is 1.56. The molecule has 0 atom stereocenters. The molecule has 0 spiro atoms. The minimum absolute atomic E-state index is 0.256. The molecule has 3 heterocycles. The van der Waals surface area contributed by atoms with Crippen LogP contribution in [0.25, 0.3) is 0 Å². The highest BCUT2D eigenvalue weighted by molar-refractivity contribution is 5.78. The zero-order valence-electron chi connectivity index (χ0n) is 17.7. The van der Waals surface area contributed by atoms with Crippen molar-refractivity contribution in [2.45, 2.75) is 6.54 Å². The Hall–Kier alpha value is -2.64. The van der Waals surface area contributed by atoms with E-state index in [0.717, 1.165) is 64.7 Å². The maximum atomic E-state index is 12.8. The van der Waals surface area contributed by atoms with Crippen LogP contribution < -0.4 is 9.64 Å². The lowest BCUT2D eigenvalue weighted by molar-refractivity contribution is -0.133. The molecule has 160 valence electrons. The number of pyridine rings is 1. The number of methoxy groups -OCH3 is 1. The van der Waals surface area contributed by atoms with Crippen LogP contribution in [0.4, 0.5) is 5.69 Å². The Morgan fingerprint density at radius 1 is 0.867 bits per heavy atom. The van der Waals surface area contributed by atoms with E-state index in [2.05, 4.69) is 43.9 Å². The van der Waals surface area contributed by atoms with E-state index >= 15 is 0 Å². The Kier molecular flexibility index (Phi) is 6.81. The lowest BCUT2D eigenvalue weighted by atomic mass is 10.2. The van der Waals surface area contributed by atoms with Gasteiger partial charge in [0.15, 0.2) is 0 Å². The van der Waals surface area contributed by atoms with Crippen molar-refractivity contribution in [2.24, 2.45) is 0 Å². The van der Waals surface area contributed by atoms with Gasteiger partial charge in [-0.2, -0.15) is 0 Å². The van der Waals surface area contributed by atoms with Crippen molar-refractivity contribution in [3.05, 3.63) is 54.4 Å². The van der Waals surface area contributed by atoms with Crippen LogP contribution in [0.5, 0.6) is 5.75 Å². The molecule has 2 aromatic rings. The van der Waals surface area contributed by atoms with E-state index in [-0.39, 0.29) is 5.91 Å². The standard InChI is InChI=1S/C23H31N5O2/c1-30-22-4-2-21(3-5-22)27-14-16-28(17-15-27)23(29)19-26-12-10-25(11-13-26)18-20-6-8-24-9-7-20/h2-9H,10-19H2,1H3. The fourth-order valence-electron chi connectivity index (χ4n) is 4.15. The Bertz CT molecular complexity index is 798. The number of ether oxygens (including phenoxy) is 1. The van der Waals surface area contributed by atoms with E-state index in [1.54, 1.807) is 7.11 Å². The molecule has 2 saturated heterocycles. The molecule has 1 aromatic heterocycles. The highest BCUT2D eigenvalue weighted by Crippen LogP contribution is 2.20. The number of hydrogen-bond acceptors (Lipinski definition) is 6. The topological polar surface area (TPSA) is 52.2 Å². The molecule has 2 aliphatic heterocycles. The molecule has 2 fully saturated rings. The number of carbonyl (C=O) groups is 1. The number of aromatic nitrogens is 1. The molecular weight excluding hydrogens is 378 g/mol. The number of piperazine rings is 2. The summed E-state index contributed by atoms with van der Waals surface area (Å²) in [6, 6.07) is 12.3. The monoisotopic (exact) mass is 409 g/mol. The van der Waals surface area contributed by atoms with Crippen LogP contribution in [0.15, 0.2) is 48.8 Å². The van der Waals surface area contributed by atoms with Gasteiger partial charge >= 0.3 is 0 Å². The highest BCUT2D eigenvalue weighted by atomic mass is 16.5. The number of nitrogens with zero attached hydrogens (tertiary/aromatic N) is 5. The second-order valence-electron chi connectivity index (χ2n) is 7.97. The average Bonchev–Trinajstić information content (AvgIpc) is 2.81. The largest absolute Gasteiger partial charge is 0.497 e. The quantitative estimate of drug-likeness (QED) is 0.722. The number of carbonyl (C=O) groups excluding carboxylic acids is 1. The number of anilines is 1. The average molecular weight is 410 g/mol. The van der Waals surface area contributed by atoms with Crippen LogP contribution >= 0.6 is 0 Å². The van der Waals surface area contributed by atoms with Gasteiger partial charge in [0.25, 0.3) is 0 Å². The summed E-state index contributed by atoms with van der Waals surface area (Å²) in [5, 5.41) is 0. The maximum Gasteiger partial charge on any atom is 0.236 e. The van der Waals surface area contributed by atoms with Gasteiger partial charge in [-0.1, -0.05) is 0 Å². The molecule has 7 nitrogen and oxygen atoms in total. The summed E-state index contributed by atoms with van der Waals surface area (Å²) in [5.74, 6) is 1.13. The van der Waals surface area contributed by atoms with E-state index in [1.807, 2.05) is 29.4 Å². The minimum Gasteiger partial charge on any atom is -0.497 e. The highest BCUT2D eigenvalue weighted by Gasteiger charge is 2.25. The first-order valence-electron chi connectivity index (χ1n) is 10.7. The van der Waals surface area contributed by atoms with Crippen molar-refractivity contribution in [1.29, 1.82) is 0 Å². The van der Waals surface area contributed by atoms with Crippen LogP contribution in [0.1, 0.15) is 5.56 Å². The number of hydrogen-bond donors (Lipinski definition) is 0. The first kappa shape index (κ1) is 20.6. The Balaban J connectivity index is 1.19. The fraction of sp³-hybridized carbons (Fsp3) is 0.478. The van der Waals surface area contributed by atoms with Crippen molar-refractivity contribution in [1.82, 2.24) is 19.7 Å². The predicted molar refractivity (Wildman–Crippen MR) is 118 cm³/mol. The zero-order valence-corrected chi connectivity index (χ0v) is 17.7. The van der Waals surface area contributed by atoms with Gasteiger partial charge in [0.05, 0.1) is 13.7 Å². The van der Waals surface area contributed by atoms with Gasteiger partial charge in [-0.3, -0.25) is 19.6 Å². The van der Waals surface area contributed by atoms with Crippen molar-refractivity contribution in [3.8, 4) is 5.75 Å². The number of rotatable bonds is 6. The molecule has 0 unspecified atom stereocenters. The van der Waals surface area contributed by atoms with Gasteiger partial charge in [0, 0.05) is 77.0 Å². The molecule has 30 heavy (non-hydrogen) atoms. The van der Waals surface area contributed by atoms with Crippen LogP contribution in [-0.4, -0.2) is 91.6 Å². The summed E-state index contributed by atoms with van der Waals surface area (Å²) < 4.78 is 5.23. The third-order valence-electron chi connectivity index (χ3n) is 6.05. The Morgan fingerprint density at radius 3 is 2.13 bits per heavy atom. The molecular formula is C23H31N5O2. The summed E-state index contributed by atoms with van der Waals surface area (Å²) >= 11 is 0. The third-order valence-corrected chi connectivity index (χ3v) is 6.05. The maximum absolute atomic E-state index is 12.8. The van der Waals surface area contributed by atoms with E-state index in [9.17, 15) is 4.79 Å². The summed E-state index contributed by atoms with van der Waals surface area (Å²) in [5.41, 5.74) is 2.48. The molecule has 0 bridgehead atoms. The van der Waals surface area contributed by atoms with Crippen molar-refractivity contribution < 1.29 is 9.53 Å². The van der Waals surface area contributed by atoms with Crippen LogP contribution in [0.2, 0.25) is 0 Å². The Morgan fingerprint density at radius 2 is 1.50 bits per heavy atom. The van der Waals surface area contributed by atoms with Crippen molar-refractivity contribution in [3.63, 3.8) is 0 Å². The molecule has 1 aromatic carbocycles. The normalized spacial score (nSPS) is 18.4. The van der Waals surface area contributed by atoms with Gasteiger partial charge in [-0.15, -0.1) is 0 Å². The smallest absolute Gasteiger partial charge is 0.236 e.